The number of carbonyl (C=O) groups is 2. The van der Waals surface area contributed by atoms with Crippen molar-refractivity contribution in [1.29, 1.82) is 0 Å². The molecule has 0 radical (unpaired) electrons. The highest BCUT2D eigenvalue weighted by atomic mass is 79.9. The molecular weight excluding hydrogens is 554 g/mol. The van der Waals surface area contributed by atoms with Gasteiger partial charge in [-0.2, -0.15) is 0 Å². The number of halogens is 1. The van der Waals surface area contributed by atoms with Gasteiger partial charge in [-0.1, -0.05) is 70.5 Å². The van der Waals surface area contributed by atoms with Crippen LogP contribution in [0, 0.1) is 6.92 Å². The van der Waals surface area contributed by atoms with Crippen LogP contribution in [0.1, 0.15) is 23.6 Å². The summed E-state index contributed by atoms with van der Waals surface area (Å²) >= 11 is 3.47. The second-order valence-corrected chi connectivity index (χ2v) is 11.7. The summed E-state index contributed by atoms with van der Waals surface area (Å²) in [7, 11) is -3.78. The van der Waals surface area contributed by atoms with Crippen LogP contribution in [0.3, 0.4) is 0 Å². The highest BCUT2D eigenvalue weighted by molar-refractivity contribution is 9.10. The van der Waals surface area contributed by atoms with E-state index in [1.165, 1.54) is 4.90 Å². The highest BCUT2D eigenvalue weighted by Crippen LogP contribution is 2.22. The number of likely N-dealkylation sites (N-methyl/N-ethyl adjacent to an activating group) is 1. The van der Waals surface area contributed by atoms with Gasteiger partial charge in [0.1, 0.15) is 12.6 Å². The van der Waals surface area contributed by atoms with E-state index in [2.05, 4.69) is 21.2 Å². The van der Waals surface area contributed by atoms with Crippen LogP contribution >= 0.6 is 15.9 Å². The van der Waals surface area contributed by atoms with Crippen molar-refractivity contribution in [2.45, 2.75) is 32.9 Å². The van der Waals surface area contributed by atoms with E-state index in [-0.39, 0.29) is 18.9 Å². The standard InChI is InChI=1S/C28H32BrN3O4S/c1-4-30-28(34)26(18-22-11-6-5-7-12-22)31(19-23-13-9-14-24(29)17-23)27(33)20-32(37(3,35)36)25-15-8-10-21(2)16-25/h5-17,26H,4,18-20H2,1-3H3,(H,30,34). The normalized spacial score (nSPS) is 12.0. The van der Waals surface area contributed by atoms with Gasteiger partial charge in [0, 0.05) is 24.0 Å². The lowest BCUT2D eigenvalue weighted by Gasteiger charge is -2.33. The summed E-state index contributed by atoms with van der Waals surface area (Å²) in [6.45, 7) is 3.79. The average molecular weight is 587 g/mol. The molecule has 196 valence electrons. The Labute approximate surface area is 227 Å². The summed E-state index contributed by atoms with van der Waals surface area (Å²) in [4.78, 5) is 28.7. The first-order valence-corrected chi connectivity index (χ1v) is 14.6. The first-order valence-electron chi connectivity index (χ1n) is 12.0. The van der Waals surface area contributed by atoms with Gasteiger partial charge in [0.25, 0.3) is 0 Å². The minimum atomic E-state index is -3.78. The Morgan fingerprint density at radius 3 is 2.24 bits per heavy atom. The number of anilines is 1. The summed E-state index contributed by atoms with van der Waals surface area (Å²) in [6, 6.07) is 23.1. The molecule has 0 saturated carbocycles. The summed E-state index contributed by atoms with van der Waals surface area (Å²) in [5.74, 6) is -0.768. The number of nitrogens with one attached hydrogen (secondary N) is 1. The Morgan fingerprint density at radius 2 is 1.62 bits per heavy atom. The van der Waals surface area contributed by atoms with Gasteiger partial charge in [-0.15, -0.1) is 0 Å². The van der Waals surface area contributed by atoms with E-state index >= 15 is 0 Å². The van der Waals surface area contributed by atoms with Gasteiger partial charge in [-0.25, -0.2) is 8.42 Å². The molecule has 0 aliphatic rings. The second kappa shape index (κ2) is 12.9. The zero-order chi connectivity index (χ0) is 27.0. The van der Waals surface area contributed by atoms with E-state index in [4.69, 9.17) is 0 Å². The van der Waals surface area contributed by atoms with Crippen molar-refractivity contribution < 1.29 is 18.0 Å². The zero-order valence-corrected chi connectivity index (χ0v) is 23.6. The molecule has 1 atom stereocenters. The molecule has 0 fully saturated rings. The number of amides is 2. The monoisotopic (exact) mass is 585 g/mol. The predicted octanol–water partition coefficient (Wildman–Crippen LogP) is 4.30. The Bertz CT molecular complexity index is 1330. The summed E-state index contributed by atoms with van der Waals surface area (Å²) < 4.78 is 27.5. The summed E-state index contributed by atoms with van der Waals surface area (Å²) in [6.07, 6.45) is 1.36. The SMILES string of the molecule is CCNC(=O)C(Cc1ccccc1)N(Cc1cccc(Br)c1)C(=O)CN(c1cccc(C)c1)S(C)(=O)=O. The van der Waals surface area contributed by atoms with Gasteiger partial charge < -0.3 is 10.2 Å². The molecule has 0 aliphatic carbocycles. The number of rotatable bonds is 11. The van der Waals surface area contributed by atoms with Gasteiger partial charge >= 0.3 is 0 Å². The third-order valence-electron chi connectivity index (χ3n) is 5.83. The molecule has 37 heavy (non-hydrogen) atoms. The largest absolute Gasteiger partial charge is 0.355 e. The second-order valence-electron chi connectivity index (χ2n) is 8.86. The van der Waals surface area contributed by atoms with Crippen molar-refractivity contribution in [2.75, 3.05) is 23.7 Å². The van der Waals surface area contributed by atoms with E-state index in [0.717, 1.165) is 31.7 Å². The first kappa shape index (κ1) is 28.4. The molecule has 3 aromatic carbocycles. The molecule has 0 aromatic heterocycles. The summed E-state index contributed by atoms with van der Waals surface area (Å²) in [5.41, 5.74) is 2.97. The van der Waals surface area contributed by atoms with Crippen molar-refractivity contribution in [2.24, 2.45) is 0 Å². The molecule has 1 N–H and O–H groups in total. The van der Waals surface area contributed by atoms with Gasteiger partial charge in [0.15, 0.2) is 0 Å². The molecule has 0 heterocycles. The maximum Gasteiger partial charge on any atom is 0.244 e. The molecule has 0 saturated heterocycles. The maximum absolute atomic E-state index is 13.9. The Kier molecular flexibility index (Phi) is 9.88. The zero-order valence-electron chi connectivity index (χ0n) is 21.2. The Balaban J connectivity index is 2.04. The van der Waals surface area contributed by atoms with E-state index in [1.54, 1.807) is 18.2 Å². The Hall–Kier alpha value is -3.17. The number of hydrogen-bond acceptors (Lipinski definition) is 4. The Morgan fingerprint density at radius 1 is 0.946 bits per heavy atom. The van der Waals surface area contributed by atoms with Crippen LogP contribution in [0.4, 0.5) is 5.69 Å². The quantitative estimate of drug-likeness (QED) is 0.363. The fourth-order valence-electron chi connectivity index (χ4n) is 4.07. The molecule has 0 bridgehead atoms. The molecular formula is C28H32BrN3O4S. The van der Waals surface area contributed by atoms with E-state index in [0.29, 0.717) is 12.2 Å². The number of benzene rings is 3. The topological polar surface area (TPSA) is 86.8 Å². The lowest BCUT2D eigenvalue weighted by Crippen LogP contribution is -2.53. The molecule has 7 nitrogen and oxygen atoms in total. The minimum absolute atomic E-state index is 0.137. The smallest absolute Gasteiger partial charge is 0.244 e. The van der Waals surface area contributed by atoms with Crippen molar-refractivity contribution >= 4 is 43.5 Å². The number of sulfonamides is 1. The van der Waals surface area contributed by atoms with E-state index in [1.807, 2.05) is 74.5 Å². The number of nitrogens with zero attached hydrogens (tertiary/aromatic N) is 2. The van der Waals surface area contributed by atoms with Crippen LogP contribution in [0.5, 0.6) is 0 Å². The average Bonchev–Trinajstić information content (AvgIpc) is 2.84. The van der Waals surface area contributed by atoms with Crippen molar-refractivity contribution in [3.63, 3.8) is 0 Å². The van der Waals surface area contributed by atoms with Crippen LogP contribution < -0.4 is 9.62 Å². The van der Waals surface area contributed by atoms with Crippen LogP contribution in [-0.2, 0) is 32.6 Å². The molecule has 0 spiro atoms. The minimum Gasteiger partial charge on any atom is -0.355 e. The molecule has 3 rings (SSSR count). The first-order chi connectivity index (χ1) is 17.6. The molecule has 1 unspecified atom stereocenters. The molecule has 2 amide bonds. The lowest BCUT2D eigenvalue weighted by molar-refractivity contribution is -0.140. The van der Waals surface area contributed by atoms with Crippen molar-refractivity contribution in [3.8, 4) is 0 Å². The third-order valence-corrected chi connectivity index (χ3v) is 7.47. The molecule has 3 aromatic rings. The fraction of sp³-hybridized carbons (Fsp3) is 0.286. The lowest BCUT2D eigenvalue weighted by atomic mass is 10.0. The predicted molar refractivity (Wildman–Crippen MR) is 151 cm³/mol. The molecule has 0 aliphatic heterocycles. The van der Waals surface area contributed by atoms with Gasteiger partial charge in [0.2, 0.25) is 21.8 Å². The van der Waals surface area contributed by atoms with Crippen LogP contribution in [0.15, 0.2) is 83.3 Å². The van der Waals surface area contributed by atoms with E-state index in [9.17, 15) is 18.0 Å². The third kappa shape index (κ3) is 8.16. The molecule has 9 heteroatoms. The van der Waals surface area contributed by atoms with Crippen LogP contribution in [0.25, 0.3) is 0 Å². The highest BCUT2D eigenvalue weighted by Gasteiger charge is 2.32. The van der Waals surface area contributed by atoms with Crippen molar-refractivity contribution in [3.05, 3.63) is 100 Å². The van der Waals surface area contributed by atoms with Crippen molar-refractivity contribution in [1.82, 2.24) is 10.2 Å². The van der Waals surface area contributed by atoms with Gasteiger partial charge in [-0.05, 0) is 54.8 Å². The van der Waals surface area contributed by atoms with E-state index < -0.39 is 28.5 Å². The van der Waals surface area contributed by atoms with Gasteiger partial charge in [-0.3, -0.25) is 13.9 Å². The fourth-order valence-corrected chi connectivity index (χ4v) is 5.36. The van der Waals surface area contributed by atoms with Crippen LogP contribution in [0.2, 0.25) is 0 Å². The number of aryl methyl sites for hydroxylation is 1. The number of carbonyl (C=O) groups excluding carboxylic acids is 2. The number of hydrogen-bond donors (Lipinski definition) is 1. The maximum atomic E-state index is 13.9. The van der Waals surface area contributed by atoms with Gasteiger partial charge in [0.05, 0.1) is 11.9 Å². The van der Waals surface area contributed by atoms with Crippen LogP contribution in [-0.4, -0.2) is 50.5 Å². The summed E-state index contributed by atoms with van der Waals surface area (Å²) in [5, 5.41) is 2.85.